The van der Waals surface area contributed by atoms with Crippen molar-refractivity contribution in [1.82, 2.24) is 0 Å². The summed E-state index contributed by atoms with van der Waals surface area (Å²) in [4.78, 5) is 0.298. The number of nitrogens with one attached hydrogen (secondary N) is 1. The lowest BCUT2D eigenvalue weighted by Gasteiger charge is -2.10. The van der Waals surface area contributed by atoms with Gasteiger partial charge < -0.3 is 0 Å². The molecule has 3 rings (SSSR count). The molecule has 0 fully saturated rings. The maximum atomic E-state index is 12.8. The number of hydrazone groups is 1. The number of benzene rings is 3. The molecule has 0 atom stereocenters. The van der Waals surface area contributed by atoms with E-state index in [9.17, 15) is 8.42 Å². The van der Waals surface area contributed by atoms with Crippen LogP contribution >= 0.6 is 0 Å². The summed E-state index contributed by atoms with van der Waals surface area (Å²) in [5, 5.41) is 4.38. The van der Waals surface area contributed by atoms with Crippen LogP contribution in [0.15, 0.2) is 94.9 Å². The Labute approximate surface area is 154 Å². The molecule has 5 heteroatoms. The van der Waals surface area contributed by atoms with Crippen LogP contribution < -0.4 is 5.43 Å². The quantitative estimate of drug-likeness (QED) is 0.524. The fourth-order valence-electron chi connectivity index (χ4n) is 2.46. The second-order valence-corrected chi connectivity index (χ2v) is 7.96. The van der Waals surface area contributed by atoms with E-state index in [1.165, 1.54) is 0 Å². The highest BCUT2D eigenvalue weighted by Crippen LogP contribution is 2.15. The Balaban J connectivity index is 1.92. The molecule has 0 saturated heterocycles. The largest absolute Gasteiger partial charge is 0.278 e. The third-order valence-corrected chi connectivity index (χ3v) is 5.55. The van der Waals surface area contributed by atoms with E-state index < -0.39 is 9.84 Å². The Morgan fingerprint density at radius 2 is 1.42 bits per heavy atom. The first-order valence-electron chi connectivity index (χ1n) is 8.27. The Bertz CT molecular complexity index is 981. The van der Waals surface area contributed by atoms with Gasteiger partial charge in [0.25, 0.3) is 0 Å². The smallest absolute Gasteiger partial charge is 0.184 e. The van der Waals surface area contributed by atoms with Crippen molar-refractivity contribution in [2.75, 3.05) is 11.2 Å². The zero-order chi connectivity index (χ0) is 18.4. The summed E-state index contributed by atoms with van der Waals surface area (Å²) in [6.45, 7) is 1.93. The van der Waals surface area contributed by atoms with E-state index in [1.54, 1.807) is 24.3 Å². The maximum absolute atomic E-state index is 12.8. The lowest BCUT2D eigenvalue weighted by molar-refractivity contribution is 0.600. The highest BCUT2D eigenvalue weighted by atomic mass is 32.2. The molecule has 0 radical (unpaired) electrons. The van der Waals surface area contributed by atoms with Gasteiger partial charge in [0, 0.05) is 0 Å². The fourth-order valence-corrected chi connectivity index (χ4v) is 3.77. The van der Waals surface area contributed by atoms with Gasteiger partial charge in [-0.1, -0.05) is 66.2 Å². The molecule has 26 heavy (non-hydrogen) atoms. The Morgan fingerprint density at radius 3 is 2.04 bits per heavy atom. The second kappa shape index (κ2) is 7.97. The topological polar surface area (TPSA) is 58.5 Å². The third-order valence-electron chi connectivity index (χ3n) is 3.91. The molecular weight excluding hydrogens is 344 g/mol. The van der Waals surface area contributed by atoms with Gasteiger partial charge in [-0.15, -0.1) is 0 Å². The van der Waals surface area contributed by atoms with E-state index in [4.69, 9.17) is 0 Å². The van der Waals surface area contributed by atoms with Crippen LogP contribution in [0.5, 0.6) is 0 Å². The van der Waals surface area contributed by atoms with Gasteiger partial charge in [-0.05, 0) is 36.8 Å². The predicted octanol–water partition coefficient (Wildman–Crippen LogP) is 4.29. The SMILES string of the molecule is Cc1ccc(S(=O)(=O)C/C(=N\Nc2ccccc2)c2ccccc2)cc1. The summed E-state index contributed by atoms with van der Waals surface area (Å²) in [6.07, 6.45) is 0. The molecule has 0 aliphatic heterocycles. The van der Waals surface area contributed by atoms with E-state index in [0.717, 1.165) is 16.8 Å². The van der Waals surface area contributed by atoms with E-state index in [-0.39, 0.29) is 5.75 Å². The predicted molar refractivity (Wildman–Crippen MR) is 106 cm³/mol. The van der Waals surface area contributed by atoms with E-state index >= 15 is 0 Å². The molecular formula is C21H20N2O2S. The van der Waals surface area contributed by atoms with Crippen LogP contribution in [-0.4, -0.2) is 19.9 Å². The standard InChI is InChI=1S/C21H20N2O2S/c1-17-12-14-20(15-13-17)26(24,25)16-21(18-8-4-2-5-9-18)23-22-19-10-6-3-7-11-19/h2-15,22H,16H2,1H3/b23-21+. The zero-order valence-electron chi connectivity index (χ0n) is 14.5. The average molecular weight is 364 g/mol. The summed E-state index contributed by atoms with van der Waals surface area (Å²) in [7, 11) is -3.50. The van der Waals surface area contributed by atoms with Crippen molar-refractivity contribution in [2.24, 2.45) is 5.10 Å². The highest BCUT2D eigenvalue weighted by Gasteiger charge is 2.19. The molecule has 0 bridgehead atoms. The number of para-hydroxylation sites is 1. The number of hydrogen-bond donors (Lipinski definition) is 1. The first-order chi connectivity index (χ1) is 12.5. The minimum Gasteiger partial charge on any atom is -0.278 e. The molecule has 4 nitrogen and oxygen atoms in total. The van der Waals surface area contributed by atoms with Gasteiger partial charge in [0.15, 0.2) is 9.84 Å². The summed E-state index contributed by atoms with van der Waals surface area (Å²) in [5.74, 6) is -0.181. The van der Waals surface area contributed by atoms with E-state index in [2.05, 4.69) is 10.5 Å². The first kappa shape index (κ1) is 17.9. The highest BCUT2D eigenvalue weighted by molar-refractivity contribution is 7.92. The van der Waals surface area contributed by atoms with Crippen molar-refractivity contribution >= 4 is 21.2 Å². The van der Waals surface area contributed by atoms with Crippen LogP contribution in [0, 0.1) is 6.92 Å². The van der Waals surface area contributed by atoms with Crippen molar-refractivity contribution in [3.05, 3.63) is 96.1 Å². The second-order valence-electron chi connectivity index (χ2n) is 5.97. The number of sulfone groups is 1. The van der Waals surface area contributed by atoms with Gasteiger partial charge in [0.2, 0.25) is 0 Å². The molecule has 0 aliphatic carbocycles. The van der Waals surface area contributed by atoms with Crippen LogP contribution in [-0.2, 0) is 9.84 Å². The normalized spacial score (nSPS) is 12.0. The van der Waals surface area contributed by atoms with Crippen molar-refractivity contribution in [2.45, 2.75) is 11.8 Å². The number of rotatable bonds is 6. The van der Waals surface area contributed by atoms with Crippen molar-refractivity contribution in [3.63, 3.8) is 0 Å². The van der Waals surface area contributed by atoms with Gasteiger partial charge in [-0.3, -0.25) is 5.43 Å². The number of anilines is 1. The molecule has 132 valence electrons. The summed E-state index contributed by atoms with van der Waals surface area (Å²) < 4.78 is 25.7. The average Bonchev–Trinajstić information content (AvgIpc) is 2.67. The van der Waals surface area contributed by atoms with Gasteiger partial charge in [0.05, 0.1) is 22.0 Å². The fraction of sp³-hybridized carbons (Fsp3) is 0.0952. The number of aryl methyl sites for hydroxylation is 1. The van der Waals surface area contributed by atoms with Crippen LogP contribution in [0.1, 0.15) is 11.1 Å². The van der Waals surface area contributed by atoms with E-state index in [0.29, 0.717) is 10.6 Å². The molecule has 0 unspecified atom stereocenters. The summed E-state index contributed by atoms with van der Waals surface area (Å²) >= 11 is 0. The van der Waals surface area contributed by atoms with Crippen molar-refractivity contribution < 1.29 is 8.42 Å². The maximum Gasteiger partial charge on any atom is 0.184 e. The number of nitrogens with zero attached hydrogens (tertiary/aromatic N) is 1. The first-order valence-corrected chi connectivity index (χ1v) is 9.92. The van der Waals surface area contributed by atoms with Crippen LogP contribution in [0.3, 0.4) is 0 Å². The molecule has 3 aromatic carbocycles. The molecule has 0 saturated carbocycles. The Morgan fingerprint density at radius 1 is 0.846 bits per heavy atom. The van der Waals surface area contributed by atoms with Crippen LogP contribution in [0.2, 0.25) is 0 Å². The van der Waals surface area contributed by atoms with Gasteiger partial charge in [0.1, 0.15) is 0 Å². The summed E-state index contributed by atoms with van der Waals surface area (Å²) in [6, 6.07) is 25.7. The molecule has 0 heterocycles. The monoisotopic (exact) mass is 364 g/mol. The minimum atomic E-state index is -3.50. The lowest BCUT2D eigenvalue weighted by atomic mass is 10.1. The third kappa shape index (κ3) is 4.58. The molecule has 3 aromatic rings. The minimum absolute atomic E-state index is 0.181. The van der Waals surface area contributed by atoms with Gasteiger partial charge >= 0.3 is 0 Å². The molecule has 0 amide bonds. The van der Waals surface area contributed by atoms with Crippen LogP contribution in [0.4, 0.5) is 5.69 Å². The van der Waals surface area contributed by atoms with Crippen LogP contribution in [0.25, 0.3) is 0 Å². The number of hydrogen-bond acceptors (Lipinski definition) is 4. The van der Waals surface area contributed by atoms with Crippen molar-refractivity contribution in [1.29, 1.82) is 0 Å². The molecule has 1 N–H and O–H groups in total. The Kier molecular flexibility index (Phi) is 5.49. The van der Waals surface area contributed by atoms with Crippen molar-refractivity contribution in [3.8, 4) is 0 Å². The zero-order valence-corrected chi connectivity index (χ0v) is 15.3. The summed E-state index contributed by atoms with van der Waals surface area (Å²) in [5.41, 5.74) is 6.01. The molecule has 0 spiro atoms. The molecule has 0 aliphatic rings. The lowest BCUT2D eigenvalue weighted by Crippen LogP contribution is -2.19. The molecule has 0 aromatic heterocycles. The van der Waals surface area contributed by atoms with E-state index in [1.807, 2.05) is 67.6 Å². The van der Waals surface area contributed by atoms with Gasteiger partial charge in [-0.25, -0.2) is 8.42 Å². The Hall–Kier alpha value is -2.92. The van der Waals surface area contributed by atoms with Gasteiger partial charge in [-0.2, -0.15) is 5.10 Å².